The standard InChI is InChI=1S/C13H25N3O/c1-17-12-3-6-16(9-12)13(10-14)4-7-15-5-2-11(13)8-15/h11-12H,2-10,14H2,1H3. The van der Waals surface area contributed by atoms with Gasteiger partial charge in [-0.1, -0.05) is 0 Å². The molecule has 0 amide bonds. The maximum Gasteiger partial charge on any atom is 0.0710 e. The SMILES string of the molecule is COC1CCN(C2(CN)CCN3CCC2C3)C1. The lowest BCUT2D eigenvalue weighted by molar-refractivity contribution is 0.0109. The molecule has 17 heavy (non-hydrogen) atoms. The molecular formula is C13H25N3O. The topological polar surface area (TPSA) is 41.7 Å². The first kappa shape index (κ1) is 11.9. The molecule has 2 bridgehead atoms. The minimum atomic E-state index is 0.278. The van der Waals surface area contributed by atoms with Crippen LogP contribution in [0.1, 0.15) is 19.3 Å². The summed E-state index contributed by atoms with van der Waals surface area (Å²) in [5.41, 5.74) is 6.47. The van der Waals surface area contributed by atoms with E-state index in [4.69, 9.17) is 10.5 Å². The smallest absolute Gasteiger partial charge is 0.0710 e. The van der Waals surface area contributed by atoms with E-state index in [9.17, 15) is 0 Å². The Morgan fingerprint density at radius 2 is 2.12 bits per heavy atom. The Hall–Kier alpha value is -0.160. The van der Waals surface area contributed by atoms with E-state index in [-0.39, 0.29) is 5.54 Å². The minimum absolute atomic E-state index is 0.278. The van der Waals surface area contributed by atoms with Crippen molar-refractivity contribution in [3.63, 3.8) is 0 Å². The molecule has 0 aromatic carbocycles. The monoisotopic (exact) mass is 239 g/mol. The number of likely N-dealkylation sites (tertiary alicyclic amines) is 1. The summed E-state index contributed by atoms with van der Waals surface area (Å²) in [7, 11) is 1.83. The van der Waals surface area contributed by atoms with Crippen LogP contribution >= 0.6 is 0 Å². The molecule has 4 nitrogen and oxygen atoms in total. The Labute approximate surface area is 104 Å². The van der Waals surface area contributed by atoms with Crippen LogP contribution in [0.4, 0.5) is 0 Å². The molecule has 3 fully saturated rings. The number of hydrogen-bond acceptors (Lipinski definition) is 4. The van der Waals surface area contributed by atoms with Gasteiger partial charge in [0.15, 0.2) is 0 Å². The molecule has 0 saturated carbocycles. The molecule has 3 saturated heterocycles. The van der Waals surface area contributed by atoms with Gasteiger partial charge in [0.1, 0.15) is 0 Å². The lowest BCUT2D eigenvalue weighted by atomic mass is 9.77. The van der Waals surface area contributed by atoms with Crippen molar-refractivity contribution in [1.29, 1.82) is 0 Å². The van der Waals surface area contributed by atoms with Gasteiger partial charge in [-0.2, -0.15) is 0 Å². The molecule has 3 aliphatic heterocycles. The van der Waals surface area contributed by atoms with Gasteiger partial charge in [0.2, 0.25) is 0 Å². The van der Waals surface area contributed by atoms with Crippen LogP contribution in [0.5, 0.6) is 0 Å². The number of rotatable bonds is 3. The Morgan fingerprint density at radius 3 is 2.82 bits per heavy atom. The number of ether oxygens (including phenoxy) is 1. The van der Waals surface area contributed by atoms with Crippen LogP contribution in [0, 0.1) is 5.92 Å². The van der Waals surface area contributed by atoms with Crippen molar-refractivity contribution in [2.45, 2.75) is 30.9 Å². The van der Waals surface area contributed by atoms with Gasteiger partial charge in [-0.3, -0.25) is 4.90 Å². The Kier molecular flexibility index (Phi) is 3.15. The van der Waals surface area contributed by atoms with Crippen LogP contribution in [0.2, 0.25) is 0 Å². The van der Waals surface area contributed by atoms with Crippen LogP contribution in [-0.4, -0.2) is 67.8 Å². The summed E-state index contributed by atoms with van der Waals surface area (Å²) >= 11 is 0. The molecule has 0 aromatic rings. The number of hydrogen-bond donors (Lipinski definition) is 1. The summed E-state index contributed by atoms with van der Waals surface area (Å²) in [6.07, 6.45) is 4.20. The van der Waals surface area contributed by atoms with Gasteiger partial charge in [-0.05, 0) is 38.3 Å². The molecule has 98 valence electrons. The van der Waals surface area contributed by atoms with Crippen molar-refractivity contribution in [2.24, 2.45) is 11.7 Å². The first-order chi connectivity index (χ1) is 8.28. The predicted octanol–water partition coefficient (Wildman–Crippen LogP) is 0.130. The summed E-state index contributed by atoms with van der Waals surface area (Å²) < 4.78 is 5.51. The maximum atomic E-state index is 6.19. The summed E-state index contributed by atoms with van der Waals surface area (Å²) in [5.74, 6) is 0.789. The third-order valence-electron chi connectivity index (χ3n) is 5.35. The zero-order valence-corrected chi connectivity index (χ0v) is 10.9. The van der Waals surface area contributed by atoms with Crippen molar-refractivity contribution in [1.82, 2.24) is 9.80 Å². The summed E-state index contributed by atoms with van der Waals surface area (Å²) in [6, 6.07) is 0. The number of nitrogens with zero attached hydrogens (tertiary/aromatic N) is 2. The highest BCUT2D eigenvalue weighted by Gasteiger charge is 2.50. The number of fused-ring (bicyclic) bond motifs is 2. The quantitative estimate of drug-likeness (QED) is 0.760. The molecule has 0 aromatic heterocycles. The fraction of sp³-hybridized carbons (Fsp3) is 1.00. The van der Waals surface area contributed by atoms with Gasteiger partial charge < -0.3 is 15.4 Å². The lowest BCUT2D eigenvalue weighted by Gasteiger charge is -2.48. The highest BCUT2D eigenvalue weighted by Crippen LogP contribution is 2.40. The molecule has 4 unspecified atom stereocenters. The van der Waals surface area contributed by atoms with Crippen LogP contribution in [-0.2, 0) is 4.74 Å². The average Bonchev–Trinajstić information content (AvgIpc) is 2.99. The van der Waals surface area contributed by atoms with Crippen molar-refractivity contribution >= 4 is 0 Å². The molecule has 0 aliphatic carbocycles. The van der Waals surface area contributed by atoms with E-state index in [1.807, 2.05) is 7.11 Å². The van der Waals surface area contributed by atoms with E-state index in [1.54, 1.807) is 0 Å². The molecule has 0 spiro atoms. The normalized spacial score (nSPS) is 46.6. The number of piperidine rings is 1. The minimum Gasteiger partial charge on any atom is -0.380 e. The fourth-order valence-electron chi connectivity index (χ4n) is 4.17. The third-order valence-corrected chi connectivity index (χ3v) is 5.35. The molecule has 3 rings (SSSR count). The molecule has 3 aliphatic rings. The highest BCUT2D eigenvalue weighted by atomic mass is 16.5. The highest BCUT2D eigenvalue weighted by molar-refractivity contribution is 5.06. The third kappa shape index (κ3) is 1.82. The molecule has 0 radical (unpaired) electrons. The second-order valence-electron chi connectivity index (χ2n) is 5.94. The van der Waals surface area contributed by atoms with Gasteiger partial charge in [-0.15, -0.1) is 0 Å². The number of nitrogens with two attached hydrogens (primary N) is 1. The Balaban J connectivity index is 1.77. The van der Waals surface area contributed by atoms with Gasteiger partial charge in [0, 0.05) is 38.8 Å². The Bertz CT molecular complexity index is 286. The summed E-state index contributed by atoms with van der Waals surface area (Å²) in [6.45, 7) is 6.87. The lowest BCUT2D eigenvalue weighted by Crippen LogP contribution is -2.61. The van der Waals surface area contributed by atoms with Gasteiger partial charge in [0.25, 0.3) is 0 Å². The first-order valence-corrected chi connectivity index (χ1v) is 6.99. The molecule has 2 N–H and O–H groups in total. The van der Waals surface area contributed by atoms with E-state index in [0.29, 0.717) is 6.10 Å². The first-order valence-electron chi connectivity index (χ1n) is 6.99. The van der Waals surface area contributed by atoms with E-state index < -0.39 is 0 Å². The van der Waals surface area contributed by atoms with Gasteiger partial charge in [0.05, 0.1) is 6.10 Å². The van der Waals surface area contributed by atoms with Gasteiger partial charge in [-0.25, -0.2) is 0 Å². The van der Waals surface area contributed by atoms with Crippen molar-refractivity contribution < 1.29 is 4.74 Å². The van der Waals surface area contributed by atoms with Crippen LogP contribution < -0.4 is 5.73 Å². The molecule has 4 atom stereocenters. The van der Waals surface area contributed by atoms with E-state index in [2.05, 4.69) is 9.80 Å². The van der Waals surface area contributed by atoms with E-state index >= 15 is 0 Å². The maximum absolute atomic E-state index is 6.19. The van der Waals surface area contributed by atoms with E-state index in [1.165, 1.54) is 45.4 Å². The average molecular weight is 239 g/mol. The van der Waals surface area contributed by atoms with Gasteiger partial charge >= 0.3 is 0 Å². The second-order valence-corrected chi connectivity index (χ2v) is 5.94. The number of methoxy groups -OCH3 is 1. The molecular weight excluding hydrogens is 214 g/mol. The Morgan fingerprint density at radius 1 is 1.24 bits per heavy atom. The van der Waals surface area contributed by atoms with Crippen LogP contribution in [0.15, 0.2) is 0 Å². The van der Waals surface area contributed by atoms with Crippen LogP contribution in [0.3, 0.4) is 0 Å². The second kappa shape index (κ2) is 4.50. The zero-order valence-electron chi connectivity index (χ0n) is 10.9. The van der Waals surface area contributed by atoms with Crippen LogP contribution in [0.25, 0.3) is 0 Å². The fourth-order valence-corrected chi connectivity index (χ4v) is 4.17. The summed E-state index contributed by atoms with van der Waals surface area (Å²) in [4.78, 5) is 5.25. The van der Waals surface area contributed by atoms with E-state index in [0.717, 1.165) is 19.0 Å². The summed E-state index contributed by atoms with van der Waals surface area (Å²) in [5, 5.41) is 0. The van der Waals surface area contributed by atoms with Crippen molar-refractivity contribution in [3.05, 3.63) is 0 Å². The molecule has 3 heterocycles. The van der Waals surface area contributed by atoms with Crippen molar-refractivity contribution in [3.8, 4) is 0 Å². The predicted molar refractivity (Wildman–Crippen MR) is 67.9 cm³/mol. The molecule has 4 heteroatoms. The largest absolute Gasteiger partial charge is 0.380 e. The zero-order chi connectivity index (χ0) is 11.9. The van der Waals surface area contributed by atoms with Crippen molar-refractivity contribution in [2.75, 3.05) is 46.4 Å².